The Balaban J connectivity index is 1.82. The number of thiophene rings is 1. The Labute approximate surface area is 150 Å². The van der Waals surface area contributed by atoms with Crippen molar-refractivity contribution in [1.29, 1.82) is 0 Å². The Bertz CT molecular complexity index is 849. The molecule has 0 aliphatic rings. The number of nitrogens with zero attached hydrogens (tertiary/aromatic N) is 2. The summed E-state index contributed by atoms with van der Waals surface area (Å²) in [7, 11) is 4.02. The van der Waals surface area contributed by atoms with Crippen LogP contribution in [0.25, 0.3) is 10.9 Å². The second-order valence-corrected chi connectivity index (χ2v) is 7.09. The van der Waals surface area contributed by atoms with Gasteiger partial charge in [-0.05, 0) is 49.8 Å². The summed E-state index contributed by atoms with van der Waals surface area (Å²) in [4.78, 5) is 20.3. The van der Waals surface area contributed by atoms with Crippen molar-refractivity contribution in [2.24, 2.45) is 0 Å². The van der Waals surface area contributed by atoms with Gasteiger partial charge >= 0.3 is 0 Å². The van der Waals surface area contributed by atoms with Gasteiger partial charge in [-0.1, -0.05) is 17.7 Å². The maximum absolute atomic E-state index is 12.7. The summed E-state index contributed by atoms with van der Waals surface area (Å²) in [5.74, 6) is -0.140. The van der Waals surface area contributed by atoms with E-state index < -0.39 is 0 Å². The van der Waals surface area contributed by atoms with E-state index in [4.69, 9.17) is 11.6 Å². The van der Waals surface area contributed by atoms with Gasteiger partial charge in [0.05, 0.1) is 22.1 Å². The van der Waals surface area contributed by atoms with Crippen molar-refractivity contribution in [2.75, 3.05) is 20.6 Å². The predicted molar refractivity (Wildman–Crippen MR) is 99.8 cm³/mol. The smallest absolute Gasteiger partial charge is 0.253 e. The summed E-state index contributed by atoms with van der Waals surface area (Å²) in [6, 6.07) is 11.4. The van der Waals surface area contributed by atoms with E-state index in [0.29, 0.717) is 22.6 Å². The zero-order chi connectivity index (χ0) is 17.1. The summed E-state index contributed by atoms with van der Waals surface area (Å²) in [5.41, 5.74) is 1.17. The molecule has 4 nitrogen and oxygen atoms in total. The van der Waals surface area contributed by atoms with Crippen molar-refractivity contribution in [2.45, 2.75) is 6.04 Å². The average Bonchev–Trinajstić information content (AvgIpc) is 3.09. The van der Waals surface area contributed by atoms with Crippen molar-refractivity contribution in [1.82, 2.24) is 15.2 Å². The lowest BCUT2D eigenvalue weighted by Crippen LogP contribution is -2.34. The normalized spacial score (nSPS) is 12.5. The summed E-state index contributed by atoms with van der Waals surface area (Å²) in [5, 5.41) is 6.45. The topological polar surface area (TPSA) is 45.2 Å². The molecule has 124 valence electrons. The quantitative estimate of drug-likeness (QED) is 0.749. The molecule has 3 rings (SSSR count). The Morgan fingerprint density at radius 1 is 1.29 bits per heavy atom. The molecule has 0 fully saturated rings. The van der Waals surface area contributed by atoms with E-state index in [2.05, 4.69) is 21.3 Å². The molecule has 0 bridgehead atoms. The fourth-order valence-electron chi connectivity index (χ4n) is 2.62. The second-order valence-electron chi connectivity index (χ2n) is 5.70. The fourth-order valence-corrected chi connectivity index (χ4v) is 3.76. The highest BCUT2D eigenvalue weighted by Gasteiger charge is 2.18. The van der Waals surface area contributed by atoms with Crippen LogP contribution in [0.2, 0.25) is 5.02 Å². The number of aromatic nitrogens is 1. The molecule has 0 aliphatic heterocycles. The predicted octanol–water partition coefficient (Wildman–Crippen LogP) is 3.98. The van der Waals surface area contributed by atoms with Crippen molar-refractivity contribution >= 4 is 39.7 Å². The molecule has 0 aliphatic carbocycles. The first-order valence-electron chi connectivity index (χ1n) is 7.59. The number of carbonyl (C=O) groups excluding carboxylic acids is 1. The monoisotopic (exact) mass is 359 g/mol. The minimum Gasteiger partial charge on any atom is -0.350 e. The summed E-state index contributed by atoms with van der Waals surface area (Å²) in [6.07, 6.45) is 1.67. The number of hydrogen-bond donors (Lipinski definition) is 1. The number of nitrogens with one attached hydrogen (secondary N) is 1. The first kappa shape index (κ1) is 16.9. The highest BCUT2D eigenvalue weighted by atomic mass is 35.5. The molecule has 0 spiro atoms. The van der Waals surface area contributed by atoms with Gasteiger partial charge in [-0.25, -0.2) is 0 Å². The molecule has 6 heteroatoms. The van der Waals surface area contributed by atoms with Crippen LogP contribution in [0.3, 0.4) is 0 Å². The summed E-state index contributed by atoms with van der Waals surface area (Å²) < 4.78 is 0. The molecule has 0 radical (unpaired) electrons. The molecule has 0 saturated carbocycles. The van der Waals surface area contributed by atoms with Crippen molar-refractivity contribution in [3.05, 3.63) is 63.4 Å². The second kappa shape index (κ2) is 7.30. The minimum atomic E-state index is -0.140. The fraction of sp³-hybridized carbons (Fsp3) is 0.222. The lowest BCUT2D eigenvalue weighted by atomic mass is 10.1. The maximum atomic E-state index is 12.7. The van der Waals surface area contributed by atoms with Gasteiger partial charge in [-0.2, -0.15) is 0 Å². The molecule has 24 heavy (non-hydrogen) atoms. The molecule has 1 aromatic carbocycles. The van der Waals surface area contributed by atoms with Crippen LogP contribution < -0.4 is 5.32 Å². The number of halogens is 1. The first-order chi connectivity index (χ1) is 11.6. The first-order valence-corrected chi connectivity index (χ1v) is 8.85. The number of benzene rings is 1. The van der Waals surface area contributed by atoms with Gasteiger partial charge in [0, 0.05) is 23.0 Å². The van der Waals surface area contributed by atoms with Crippen LogP contribution in [-0.4, -0.2) is 36.4 Å². The number of hydrogen-bond acceptors (Lipinski definition) is 4. The number of likely N-dealkylation sites (N-methyl/N-ethyl adjacent to an activating group) is 1. The van der Waals surface area contributed by atoms with E-state index >= 15 is 0 Å². The molecule has 1 unspecified atom stereocenters. The lowest BCUT2D eigenvalue weighted by Gasteiger charge is -2.23. The number of amides is 1. The van der Waals surface area contributed by atoms with Gasteiger partial charge in [0.1, 0.15) is 0 Å². The van der Waals surface area contributed by atoms with Gasteiger partial charge in [-0.3, -0.25) is 9.78 Å². The maximum Gasteiger partial charge on any atom is 0.253 e. The number of pyridine rings is 1. The van der Waals surface area contributed by atoms with E-state index in [1.54, 1.807) is 29.7 Å². The standard InChI is InChI=1S/C18H18ClN3OS/c1-22(2)15(16-6-4-10-24-16)11-21-18(23)13-7-8-14(19)12-5-3-9-20-17(12)13/h3-10,15H,11H2,1-2H3,(H,21,23). The van der Waals surface area contributed by atoms with E-state index in [0.717, 1.165) is 5.39 Å². The van der Waals surface area contributed by atoms with Crippen LogP contribution in [0.15, 0.2) is 48.0 Å². The molecule has 3 aromatic rings. The van der Waals surface area contributed by atoms with E-state index in [1.165, 1.54) is 4.88 Å². The van der Waals surface area contributed by atoms with E-state index in [9.17, 15) is 4.79 Å². The van der Waals surface area contributed by atoms with Crippen LogP contribution >= 0.6 is 22.9 Å². The number of fused-ring (bicyclic) bond motifs is 1. The van der Waals surface area contributed by atoms with Crippen LogP contribution in [-0.2, 0) is 0 Å². The van der Waals surface area contributed by atoms with Crippen LogP contribution in [0.1, 0.15) is 21.3 Å². The van der Waals surface area contributed by atoms with Crippen LogP contribution in [0.5, 0.6) is 0 Å². The molecule has 0 saturated heterocycles. The molecular weight excluding hydrogens is 342 g/mol. The molecule has 1 amide bonds. The molecular formula is C18H18ClN3OS. The molecule has 1 atom stereocenters. The molecule has 2 aromatic heterocycles. The Morgan fingerprint density at radius 3 is 2.83 bits per heavy atom. The SMILES string of the molecule is CN(C)C(CNC(=O)c1ccc(Cl)c2cccnc12)c1cccs1. The average molecular weight is 360 g/mol. The van der Waals surface area contributed by atoms with Gasteiger partial charge < -0.3 is 10.2 Å². The van der Waals surface area contributed by atoms with E-state index in [-0.39, 0.29) is 11.9 Å². The third-order valence-corrected chi connectivity index (χ3v) is 5.22. The third kappa shape index (κ3) is 3.43. The van der Waals surface area contributed by atoms with Gasteiger partial charge in [0.2, 0.25) is 0 Å². The lowest BCUT2D eigenvalue weighted by molar-refractivity contribution is 0.0944. The highest BCUT2D eigenvalue weighted by Crippen LogP contribution is 2.25. The van der Waals surface area contributed by atoms with Crippen molar-refractivity contribution < 1.29 is 4.79 Å². The van der Waals surface area contributed by atoms with Crippen LogP contribution in [0, 0.1) is 0 Å². The van der Waals surface area contributed by atoms with Gasteiger partial charge in [0.25, 0.3) is 5.91 Å². The molecule has 1 N–H and O–H groups in total. The zero-order valence-corrected chi connectivity index (χ0v) is 15.1. The zero-order valence-electron chi connectivity index (χ0n) is 13.5. The van der Waals surface area contributed by atoms with E-state index in [1.807, 2.05) is 37.7 Å². The third-order valence-electron chi connectivity index (χ3n) is 3.91. The van der Waals surface area contributed by atoms with Crippen molar-refractivity contribution in [3.8, 4) is 0 Å². The number of carbonyl (C=O) groups is 1. The van der Waals surface area contributed by atoms with Gasteiger partial charge in [0.15, 0.2) is 0 Å². The summed E-state index contributed by atoms with van der Waals surface area (Å²) in [6.45, 7) is 0.531. The Morgan fingerprint density at radius 2 is 2.12 bits per heavy atom. The minimum absolute atomic E-state index is 0.139. The van der Waals surface area contributed by atoms with Crippen molar-refractivity contribution in [3.63, 3.8) is 0 Å². The number of rotatable bonds is 5. The highest BCUT2D eigenvalue weighted by molar-refractivity contribution is 7.10. The Hall–Kier alpha value is -1.95. The van der Waals surface area contributed by atoms with Gasteiger partial charge in [-0.15, -0.1) is 11.3 Å². The Kier molecular flexibility index (Phi) is 5.14. The molecule has 2 heterocycles. The van der Waals surface area contributed by atoms with Crippen LogP contribution in [0.4, 0.5) is 0 Å². The summed E-state index contributed by atoms with van der Waals surface area (Å²) >= 11 is 7.88. The largest absolute Gasteiger partial charge is 0.350 e.